The van der Waals surface area contributed by atoms with E-state index in [0.717, 1.165) is 10.7 Å². The summed E-state index contributed by atoms with van der Waals surface area (Å²) in [5.41, 5.74) is 0.864. The lowest BCUT2D eigenvalue weighted by Crippen LogP contribution is -2.30. The molecule has 1 saturated carbocycles. The average molecular weight is 338 g/mol. The van der Waals surface area contributed by atoms with Gasteiger partial charge < -0.3 is 4.52 Å². The molecule has 116 valence electrons. The highest BCUT2D eigenvalue weighted by Crippen LogP contribution is 2.26. The molecule has 0 radical (unpaired) electrons. The Balaban J connectivity index is 1.83. The summed E-state index contributed by atoms with van der Waals surface area (Å²) in [7, 11) is 1.94. The minimum atomic E-state index is 0.566. The summed E-state index contributed by atoms with van der Waals surface area (Å²) in [5, 5.41) is 9.09. The number of amidine groups is 1. The monoisotopic (exact) mass is 337 g/mol. The van der Waals surface area contributed by atoms with Gasteiger partial charge in [-0.25, -0.2) is 4.58 Å². The Morgan fingerprint density at radius 3 is 2.95 bits per heavy atom. The van der Waals surface area contributed by atoms with Crippen LogP contribution in [0.2, 0.25) is 5.02 Å². The molecule has 1 aromatic heterocycles. The van der Waals surface area contributed by atoms with Crippen molar-refractivity contribution >= 4 is 28.5 Å². The third-order valence-corrected chi connectivity index (χ3v) is 4.57. The molecule has 0 atom stereocenters. The van der Waals surface area contributed by atoms with Crippen molar-refractivity contribution in [3.05, 3.63) is 35.2 Å². The number of halogens is 1. The van der Waals surface area contributed by atoms with E-state index in [1.54, 1.807) is 11.8 Å². The largest absolute Gasteiger partial charge is 0.335 e. The molecule has 0 saturated heterocycles. The Bertz CT molecular complexity index is 690. The van der Waals surface area contributed by atoms with Gasteiger partial charge in [0.05, 0.1) is 13.1 Å². The number of thioether (sulfide) groups is 1. The molecule has 1 aliphatic rings. The molecule has 0 spiro atoms. The fourth-order valence-electron chi connectivity index (χ4n) is 2.33. The summed E-state index contributed by atoms with van der Waals surface area (Å²) >= 11 is 7.70. The number of nitrogens with zero attached hydrogens (tertiary/aromatic N) is 3. The average Bonchev–Trinajstić information content (AvgIpc) is 3.26. The Hall–Kier alpha value is -1.53. The highest BCUT2D eigenvalue weighted by atomic mass is 35.5. The Morgan fingerprint density at radius 2 is 2.32 bits per heavy atom. The number of benzene rings is 1. The van der Waals surface area contributed by atoms with E-state index in [9.17, 15) is 0 Å². The summed E-state index contributed by atoms with van der Waals surface area (Å²) in [6, 6.07) is 8.03. The SMILES string of the molecule is CNC(SC)=[N+](Cc1nc(-c2cccc(Cl)c2)no1)C1CC1. The highest BCUT2D eigenvalue weighted by molar-refractivity contribution is 8.13. The molecule has 7 heteroatoms. The van der Waals surface area contributed by atoms with Crippen molar-refractivity contribution in [1.29, 1.82) is 0 Å². The molecule has 1 aliphatic carbocycles. The van der Waals surface area contributed by atoms with Crippen LogP contribution in [0.25, 0.3) is 11.4 Å². The van der Waals surface area contributed by atoms with E-state index in [0.29, 0.717) is 29.3 Å². The normalized spacial score (nSPS) is 15.6. The molecule has 1 aromatic carbocycles. The molecule has 5 nitrogen and oxygen atoms in total. The first-order valence-electron chi connectivity index (χ1n) is 7.15. The van der Waals surface area contributed by atoms with Gasteiger partial charge in [-0.15, -0.1) is 0 Å². The van der Waals surface area contributed by atoms with Crippen molar-refractivity contribution in [2.75, 3.05) is 13.3 Å². The number of hydrogen-bond acceptors (Lipinski definition) is 4. The summed E-state index contributed by atoms with van der Waals surface area (Å²) in [6.45, 7) is 0.620. The molecule has 1 heterocycles. The van der Waals surface area contributed by atoms with Crippen molar-refractivity contribution in [3.8, 4) is 11.4 Å². The second-order valence-corrected chi connectivity index (χ2v) is 6.37. The van der Waals surface area contributed by atoms with Gasteiger partial charge in [0, 0.05) is 10.6 Å². The van der Waals surface area contributed by atoms with Gasteiger partial charge in [-0.2, -0.15) is 4.98 Å². The maximum atomic E-state index is 6.01. The quantitative estimate of drug-likeness (QED) is 0.528. The Labute approximate surface area is 138 Å². The lowest BCUT2D eigenvalue weighted by Gasteiger charge is -2.07. The van der Waals surface area contributed by atoms with Crippen LogP contribution in [0, 0.1) is 0 Å². The zero-order valence-corrected chi connectivity index (χ0v) is 14.1. The summed E-state index contributed by atoms with van der Waals surface area (Å²) in [4.78, 5) is 4.49. The van der Waals surface area contributed by atoms with Crippen molar-refractivity contribution in [2.45, 2.75) is 25.4 Å². The minimum absolute atomic E-state index is 0.566. The Kier molecular flexibility index (Phi) is 4.69. The summed E-state index contributed by atoms with van der Waals surface area (Å²) < 4.78 is 7.70. The van der Waals surface area contributed by atoms with E-state index in [-0.39, 0.29) is 0 Å². The second-order valence-electron chi connectivity index (χ2n) is 5.14. The smallest absolute Gasteiger partial charge is 0.306 e. The molecule has 0 unspecified atom stereocenters. The molecule has 1 fully saturated rings. The van der Waals surface area contributed by atoms with Crippen molar-refractivity contribution in [1.82, 2.24) is 15.5 Å². The zero-order chi connectivity index (χ0) is 15.5. The van der Waals surface area contributed by atoms with Gasteiger partial charge in [0.1, 0.15) is 0 Å². The van der Waals surface area contributed by atoms with Crippen LogP contribution in [0.15, 0.2) is 28.8 Å². The fraction of sp³-hybridized carbons (Fsp3) is 0.400. The number of rotatable bonds is 4. The van der Waals surface area contributed by atoms with Gasteiger partial charge in [-0.3, -0.25) is 5.32 Å². The van der Waals surface area contributed by atoms with Gasteiger partial charge in [0.2, 0.25) is 5.82 Å². The molecule has 0 aliphatic heterocycles. The molecule has 1 N–H and O–H groups in total. The molecule has 22 heavy (non-hydrogen) atoms. The zero-order valence-electron chi connectivity index (χ0n) is 12.5. The molecular weight excluding hydrogens is 320 g/mol. The van der Waals surface area contributed by atoms with E-state index in [2.05, 4.69) is 26.3 Å². The van der Waals surface area contributed by atoms with Crippen molar-refractivity contribution < 1.29 is 9.10 Å². The highest BCUT2D eigenvalue weighted by Gasteiger charge is 2.33. The van der Waals surface area contributed by atoms with Crippen LogP contribution in [0.5, 0.6) is 0 Å². The third kappa shape index (κ3) is 3.44. The predicted molar refractivity (Wildman–Crippen MR) is 89.3 cm³/mol. The van der Waals surface area contributed by atoms with Gasteiger partial charge in [0.15, 0.2) is 6.54 Å². The summed E-state index contributed by atoms with van der Waals surface area (Å²) in [5.74, 6) is 1.19. The van der Waals surface area contributed by atoms with Gasteiger partial charge in [-0.05, 0) is 43.0 Å². The fourth-order valence-corrected chi connectivity index (χ4v) is 3.17. The first-order valence-corrected chi connectivity index (χ1v) is 8.75. The van der Waals surface area contributed by atoms with E-state index >= 15 is 0 Å². The van der Waals surface area contributed by atoms with E-state index in [1.807, 2.05) is 31.3 Å². The van der Waals surface area contributed by atoms with Crippen LogP contribution in [-0.2, 0) is 6.54 Å². The van der Waals surface area contributed by atoms with E-state index in [1.165, 1.54) is 12.8 Å². The predicted octanol–water partition coefficient (Wildman–Crippen LogP) is 3.00. The molecular formula is C15H18ClN4OS+. The van der Waals surface area contributed by atoms with Crippen LogP contribution >= 0.6 is 23.4 Å². The van der Waals surface area contributed by atoms with Crippen LogP contribution in [0.1, 0.15) is 18.7 Å². The van der Waals surface area contributed by atoms with Gasteiger partial charge in [-0.1, -0.05) is 28.9 Å². The van der Waals surface area contributed by atoms with Crippen LogP contribution in [0.3, 0.4) is 0 Å². The van der Waals surface area contributed by atoms with Crippen molar-refractivity contribution in [2.24, 2.45) is 0 Å². The number of nitrogens with one attached hydrogen (secondary N) is 1. The molecule has 0 amide bonds. The topological polar surface area (TPSA) is 54.0 Å². The van der Waals surface area contributed by atoms with Gasteiger partial charge in [0.25, 0.3) is 5.89 Å². The minimum Gasteiger partial charge on any atom is -0.335 e. The summed E-state index contributed by atoms with van der Waals surface area (Å²) in [6.07, 6.45) is 4.48. The van der Waals surface area contributed by atoms with E-state index in [4.69, 9.17) is 16.1 Å². The first kappa shape index (κ1) is 15.4. The maximum absolute atomic E-state index is 6.01. The van der Waals surface area contributed by atoms with Gasteiger partial charge >= 0.3 is 5.17 Å². The van der Waals surface area contributed by atoms with E-state index < -0.39 is 0 Å². The third-order valence-electron chi connectivity index (χ3n) is 3.51. The van der Waals surface area contributed by atoms with Crippen molar-refractivity contribution in [3.63, 3.8) is 0 Å². The lowest BCUT2D eigenvalue weighted by atomic mass is 10.2. The van der Waals surface area contributed by atoms with Crippen LogP contribution in [-0.4, -0.2) is 39.2 Å². The molecule has 2 aromatic rings. The molecule has 0 bridgehead atoms. The first-order chi connectivity index (χ1) is 10.7. The molecule has 3 rings (SSSR count). The lowest BCUT2D eigenvalue weighted by molar-refractivity contribution is -0.559. The van der Waals surface area contributed by atoms with Crippen LogP contribution < -0.4 is 5.32 Å². The number of hydrogen-bond donors (Lipinski definition) is 1. The number of aromatic nitrogens is 2. The second kappa shape index (κ2) is 6.71. The standard InChI is InChI=1S/C15H17ClN4OS/c1-17-15(22-2)20(12-6-7-12)9-13-18-14(19-21-13)10-4-3-5-11(16)8-10/h3-5,8,12H,6-7,9H2,1-2H3/p+1. The maximum Gasteiger partial charge on any atom is 0.306 e. The Morgan fingerprint density at radius 1 is 1.50 bits per heavy atom. The van der Waals surface area contributed by atoms with Crippen LogP contribution in [0.4, 0.5) is 0 Å².